The number of non-ortho nitro benzene ring substituents is 1. The predicted octanol–water partition coefficient (Wildman–Crippen LogP) is 4.32. The van der Waals surface area contributed by atoms with Gasteiger partial charge in [-0.1, -0.05) is 0 Å². The van der Waals surface area contributed by atoms with Crippen molar-refractivity contribution in [3.63, 3.8) is 0 Å². The quantitative estimate of drug-likeness (QED) is 0.415. The smallest absolute Gasteiger partial charge is 0.269 e. The fourth-order valence-electron chi connectivity index (χ4n) is 2.56. The number of nitrogens with one attached hydrogen (secondary N) is 1. The summed E-state index contributed by atoms with van der Waals surface area (Å²) < 4.78 is 5.48. The van der Waals surface area contributed by atoms with Crippen molar-refractivity contribution in [2.75, 3.05) is 0 Å². The molecule has 0 aliphatic rings. The molecule has 7 nitrogen and oxygen atoms in total. The average Bonchev–Trinajstić information content (AvgIpc) is 3.11. The number of nitrogens with zero attached hydrogens (tertiary/aromatic N) is 2. The van der Waals surface area contributed by atoms with Crippen LogP contribution >= 0.6 is 11.3 Å². The standard InChI is InChI=1S/C18H11N3O4S/c19-17-14(7-11-3-6-13(22)8-16(11)25-17)18-20-15(9-26-18)10-1-4-12(5-2-10)21(23)24/h1-9,19,22H. The molecule has 4 rings (SSSR count). The van der Waals surface area contributed by atoms with E-state index in [2.05, 4.69) is 4.98 Å². The number of benzene rings is 2. The lowest BCUT2D eigenvalue weighted by Gasteiger charge is -2.02. The second-order valence-electron chi connectivity index (χ2n) is 5.55. The number of nitro groups is 1. The van der Waals surface area contributed by atoms with E-state index >= 15 is 0 Å². The first-order valence-corrected chi connectivity index (χ1v) is 8.41. The Labute approximate surface area is 150 Å². The second kappa shape index (κ2) is 6.08. The predicted molar refractivity (Wildman–Crippen MR) is 96.9 cm³/mol. The van der Waals surface area contributed by atoms with Crippen LogP contribution in [0, 0.1) is 15.5 Å². The molecule has 0 aliphatic carbocycles. The molecule has 8 heteroatoms. The molecule has 0 atom stereocenters. The van der Waals surface area contributed by atoms with E-state index in [1.165, 1.54) is 29.5 Å². The monoisotopic (exact) mass is 365 g/mol. The van der Waals surface area contributed by atoms with E-state index in [0.29, 0.717) is 21.8 Å². The van der Waals surface area contributed by atoms with E-state index in [-0.39, 0.29) is 17.0 Å². The van der Waals surface area contributed by atoms with Crippen LogP contribution in [-0.4, -0.2) is 15.0 Å². The van der Waals surface area contributed by atoms with Gasteiger partial charge in [0.25, 0.3) is 5.69 Å². The molecule has 0 saturated carbocycles. The number of thiazole rings is 1. The van der Waals surface area contributed by atoms with Crippen LogP contribution in [0.5, 0.6) is 5.75 Å². The SMILES string of the molecule is N=c1oc2cc(O)ccc2cc1-c1nc(-c2ccc([N+](=O)[O-])cc2)cs1. The van der Waals surface area contributed by atoms with Crippen molar-refractivity contribution in [3.05, 3.63) is 69.6 Å². The molecule has 0 saturated heterocycles. The number of hydrogen-bond donors (Lipinski definition) is 2. The van der Waals surface area contributed by atoms with Gasteiger partial charge >= 0.3 is 0 Å². The Bertz CT molecular complexity index is 1200. The minimum atomic E-state index is -0.447. The van der Waals surface area contributed by atoms with Crippen LogP contribution in [0.2, 0.25) is 0 Å². The van der Waals surface area contributed by atoms with Crippen LogP contribution in [0.15, 0.2) is 58.3 Å². The summed E-state index contributed by atoms with van der Waals surface area (Å²) in [6.45, 7) is 0. The summed E-state index contributed by atoms with van der Waals surface area (Å²) in [6.07, 6.45) is 0. The van der Waals surface area contributed by atoms with Crippen molar-refractivity contribution in [1.29, 1.82) is 5.41 Å². The highest BCUT2D eigenvalue weighted by atomic mass is 32.1. The summed E-state index contributed by atoms with van der Waals surface area (Å²) in [5.74, 6) is 0.0723. The summed E-state index contributed by atoms with van der Waals surface area (Å²) in [4.78, 5) is 14.8. The topological polar surface area (TPSA) is 113 Å². The van der Waals surface area contributed by atoms with Crippen LogP contribution in [0.25, 0.3) is 32.8 Å². The van der Waals surface area contributed by atoms with Crippen molar-refractivity contribution in [3.8, 4) is 27.6 Å². The first-order chi connectivity index (χ1) is 12.5. The molecule has 128 valence electrons. The number of aromatic hydroxyl groups is 1. The minimum Gasteiger partial charge on any atom is -0.508 e. The maximum Gasteiger partial charge on any atom is 0.269 e. The normalized spacial score (nSPS) is 10.9. The molecule has 0 bridgehead atoms. The van der Waals surface area contributed by atoms with E-state index < -0.39 is 4.92 Å². The van der Waals surface area contributed by atoms with Crippen molar-refractivity contribution in [1.82, 2.24) is 4.98 Å². The minimum absolute atomic E-state index is 0.0224. The molecule has 0 amide bonds. The summed E-state index contributed by atoms with van der Waals surface area (Å²) in [5, 5.41) is 31.6. The first kappa shape index (κ1) is 16.0. The molecule has 2 aromatic carbocycles. The molecule has 0 unspecified atom stereocenters. The molecule has 0 spiro atoms. The van der Waals surface area contributed by atoms with Gasteiger partial charge in [-0.15, -0.1) is 11.3 Å². The zero-order chi connectivity index (χ0) is 18.3. The van der Waals surface area contributed by atoms with Gasteiger partial charge in [-0.05, 0) is 30.3 Å². The van der Waals surface area contributed by atoms with Gasteiger partial charge in [0.1, 0.15) is 16.3 Å². The van der Waals surface area contributed by atoms with Gasteiger partial charge in [0.15, 0.2) is 0 Å². The van der Waals surface area contributed by atoms with E-state index in [1.54, 1.807) is 30.3 Å². The summed E-state index contributed by atoms with van der Waals surface area (Å²) >= 11 is 1.36. The van der Waals surface area contributed by atoms with Gasteiger partial charge in [-0.2, -0.15) is 0 Å². The third kappa shape index (κ3) is 2.82. The third-order valence-electron chi connectivity index (χ3n) is 3.86. The average molecular weight is 365 g/mol. The molecule has 2 heterocycles. The number of nitro benzene ring substituents is 1. The Morgan fingerprint density at radius 2 is 1.92 bits per heavy atom. The highest BCUT2D eigenvalue weighted by Gasteiger charge is 2.12. The zero-order valence-corrected chi connectivity index (χ0v) is 14.0. The molecular formula is C18H11N3O4S. The van der Waals surface area contributed by atoms with Crippen LogP contribution in [0.4, 0.5) is 5.69 Å². The molecule has 0 radical (unpaired) electrons. The van der Waals surface area contributed by atoms with Gasteiger partial charge < -0.3 is 9.52 Å². The molecule has 4 aromatic rings. The fraction of sp³-hybridized carbons (Fsp3) is 0. The molecular weight excluding hydrogens is 354 g/mol. The van der Waals surface area contributed by atoms with Gasteiger partial charge in [0, 0.05) is 34.5 Å². The van der Waals surface area contributed by atoms with Crippen molar-refractivity contribution in [2.45, 2.75) is 0 Å². The lowest BCUT2D eigenvalue weighted by atomic mass is 10.1. The molecule has 2 N–H and O–H groups in total. The first-order valence-electron chi connectivity index (χ1n) is 7.53. The second-order valence-corrected chi connectivity index (χ2v) is 6.41. The number of fused-ring (bicyclic) bond motifs is 1. The number of phenolic OH excluding ortho intramolecular Hbond substituents is 1. The highest BCUT2D eigenvalue weighted by Crippen LogP contribution is 2.30. The van der Waals surface area contributed by atoms with Crippen LogP contribution in [0.3, 0.4) is 0 Å². The van der Waals surface area contributed by atoms with E-state index in [4.69, 9.17) is 9.83 Å². The summed E-state index contributed by atoms with van der Waals surface area (Å²) in [6, 6.07) is 12.7. The highest BCUT2D eigenvalue weighted by molar-refractivity contribution is 7.13. The van der Waals surface area contributed by atoms with Crippen LogP contribution in [-0.2, 0) is 0 Å². The number of rotatable bonds is 3. The van der Waals surface area contributed by atoms with Gasteiger partial charge in [-0.25, -0.2) is 4.98 Å². The molecule has 0 fully saturated rings. The Balaban J connectivity index is 1.75. The van der Waals surface area contributed by atoms with Gasteiger partial charge in [-0.3, -0.25) is 15.5 Å². The van der Waals surface area contributed by atoms with E-state index in [0.717, 1.165) is 10.9 Å². The van der Waals surface area contributed by atoms with Crippen LogP contribution in [0.1, 0.15) is 0 Å². The number of hydrogen-bond acceptors (Lipinski definition) is 7. The summed E-state index contributed by atoms with van der Waals surface area (Å²) in [5.41, 5.74) is 2.37. The number of phenols is 1. The largest absolute Gasteiger partial charge is 0.508 e. The Hall–Kier alpha value is -3.52. The van der Waals surface area contributed by atoms with E-state index in [1.807, 2.05) is 5.38 Å². The fourth-order valence-corrected chi connectivity index (χ4v) is 3.40. The Morgan fingerprint density at radius 3 is 2.65 bits per heavy atom. The lowest BCUT2D eigenvalue weighted by Crippen LogP contribution is -2.02. The Kier molecular flexibility index (Phi) is 3.74. The zero-order valence-electron chi connectivity index (χ0n) is 13.2. The van der Waals surface area contributed by atoms with Crippen molar-refractivity contribution < 1.29 is 14.4 Å². The maximum absolute atomic E-state index is 10.7. The molecule has 26 heavy (non-hydrogen) atoms. The van der Waals surface area contributed by atoms with Crippen LogP contribution < -0.4 is 5.55 Å². The molecule has 2 aromatic heterocycles. The van der Waals surface area contributed by atoms with E-state index in [9.17, 15) is 15.2 Å². The Morgan fingerprint density at radius 1 is 1.15 bits per heavy atom. The maximum atomic E-state index is 10.7. The lowest BCUT2D eigenvalue weighted by molar-refractivity contribution is -0.384. The van der Waals surface area contributed by atoms with Gasteiger partial charge in [0.2, 0.25) is 5.55 Å². The van der Waals surface area contributed by atoms with Crippen molar-refractivity contribution in [2.24, 2.45) is 0 Å². The molecule has 0 aliphatic heterocycles. The van der Waals surface area contributed by atoms with Gasteiger partial charge in [0.05, 0.1) is 16.2 Å². The summed E-state index contributed by atoms with van der Waals surface area (Å²) in [7, 11) is 0. The third-order valence-corrected chi connectivity index (χ3v) is 4.74. The number of aromatic nitrogens is 1. The van der Waals surface area contributed by atoms with Crippen molar-refractivity contribution >= 4 is 28.0 Å².